The number of imidazole rings is 1. The molecule has 0 unspecified atom stereocenters. The highest BCUT2D eigenvalue weighted by atomic mass is 16.4. The first-order valence-electron chi connectivity index (χ1n) is 4.44. The molecule has 0 radical (unpaired) electrons. The third-order valence-electron chi connectivity index (χ3n) is 2.38. The van der Waals surface area contributed by atoms with Gasteiger partial charge in [0.1, 0.15) is 5.97 Å². The van der Waals surface area contributed by atoms with E-state index in [1.54, 1.807) is 0 Å². The largest absolute Gasteiger partial charge is 0.541 e. The topological polar surface area (TPSA) is 86.2 Å². The normalized spacial score (nSPS) is 10.3. The molecule has 1 N–H and O–H groups in total. The minimum absolute atomic E-state index is 0.255. The molecule has 0 aliphatic carbocycles. The van der Waals surface area contributed by atoms with E-state index in [4.69, 9.17) is 5.11 Å². The summed E-state index contributed by atoms with van der Waals surface area (Å²) in [7, 11) is 3.03. The lowest BCUT2D eigenvalue weighted by molar-refractivity contribution is -0.681. The van der Waals surface area contributed by atoms with Gasteiger partial charge in [-0.1, -0.05) is 6.92 Å². The quantitative estimate of drug-likeness (QED) is 0.616. The molecular formula is C9H12N2O4. The Kier molecular flexibility index (Phi) is 2.78. The van der Waals surface area contributed by atoms with Crippen LogP contribution in [-0.2, 0) is 20.5 Å². The van der Waals surface area contributed by atoms with Crippen LogP contribution in [0.15, 0.2) is 0 Å². The maximum Gasteiger partial charge on any atom is 0.380 e. The summed E-state index contributed by atoms with van der Waals surface area (Å²) in [4.78, 5) is 21.7. The van der Waals surface area contributed by atoms with E-state index in [2.05, 4.69) is 0 Å². The molecule has 6 nitrogen and oxygen atoms in total. The Bertz CT molecular complexity index is 396. The molecule has 0 aromatic carbocycles. The number of hydrogen-bond acceptors (Lipinski definition) is 3. The summed E-state index contributed by atoms with van der Waals surface area (Å²) >= 11 is 0. The Hall–Kier alpha value is -1.85. The molecule has 0 saturated heterocycles. The van der Waals surface area contributed by atoms with E-state index in [1.165, 1.54) is 23.2 Å². The van der Waals surface area contributed by atoms with Gasteiger partial charge in [0.25, 0.3) is 11.5 Å². The number of aromatic carboxylic acids is 2. The van der Waals surface area contributed by atoms with Gasteiger partial charge in [0.15, 0.2) is 0 Å². The van der Waals surface area contributed by atoms with Crippen LogP contribution < -0.4 is 9.67 Å². The Morgan fingerprint density at radius 1 is 1.53 bits per heavy atom. The highest BCUT2D eigenvalue weighted by Crippen LogP contribution is 2.08. The monoisotopic (exact) mass is 212 g/mol. The molecule has 0 bridgehead atoms. The van der Waals surface area contributed by atoms with Crippen LogP contribution in [0.2, 0.25) is 0 Å². The first kappa shape index (κ1) is 11.2. The van der Waals surface area contributed by atoms with Crippen molar-refractivity contribution in [3.8, 4) is 0 Å². The summed E-state index contributed by atoms with van der Waals surface area (Å²) in [6.45, 7) is 1.82. The van der Waals surface area contributed by atoms with Crippen LogP contribution in [0.25, 0.3) is 0 Å². The first-order valence-corrected chi connectivity index (χ1v) is 4.44. The van der Waals surface area contributed by atoms with Crippen molar-refractivity contribution in [1.29, 1.82) is 0 Å². The zero-order chi connectivity index (χ0) is 11.7. The standard InChI is InChI=1S/C9H12N2O4/c1-4-5-10(2)6(8(12)13)7(9(14)15)11(5)3/h4H2,1-3H3,(H-,12,13,14,15). The molecule has 6 heteroatoms. The number of nitrogens with zero attached hydrogens (tertiary/aromatic N) is 2. The molecule has 0 atom stereocenters. The molecule has 0 amide bonds. The lowest BCUT2D eigenvalue weighted by Crippen LogP contribution is -2.39. The Balaban J connectivity index is 3.61. The lowest BCUT2D eigenvalue weighted by Gasteiger charge is -1.98. The zero-order valence-corrected chi connectivity index (χ0v) is 8.77. The van der Waals surface area contributed by atoms with Crippen LogP contribution in [0.5, 0.6) is 0 Å². The van der Waals surface area contributed by atoms with Crippen molar-refractivity contribution in [1.82, 2.24) is 4.57 Å². The number of carboxylic acid groups (broad SMARTS) is 2. The van der Waals surface area contributed by atoms with Gasteiger partial charge in [-0.2, -0.15) is 0 Å². The van der Waals surface area contributed by atoms with E-state index in [9.17, 15) is 14.7 Å². The van der Waals surface area contributed by atoms with Gasteiger partial charge >= 0.3 is 5.97 Å². The average molecular weight is 212 g/mol. The summed E-state index contributed by atoms with van der Waals surface area (Å²) < 4.78 is 2.69. The molecule has 0 aliphatic rings. The highest BCUT2D eigenvalue weighted by molar-refractivity contribution is 5.97. The van der Waals surface area contributed by atoms with Gasteiger partial charge in [0.2, 0.25) is 5.69 Å². The van der Waals surface area contributed by atoms with E-state index in [0.717, 1.165) is 0 Å². The average Bonchev–Trinajstić information content (AvgIpc) is 2.37. The fraction of sp³-hybridized carbons (Fsp3) is 0.444. The second kappa shape index (κ2) is 3.72. The fourth-order valence-corrected chi connectivity index (χ4v) is 1.75. The number of carbonyl (C=O) groups excluding carboxylic acids is 1. The van der Waals surface area contributed by atoms with Crippen LogP contribution >= 0.6 is 0 Å². The van der Waals surface area contributed by atoms with Crippen LogP contribution in [-0.4, -0.2) is 21.6 Å². The van der Waals surface area contributed by atoms with Crippen LogP contribution in [0.4, 0.5) is 0 Å². The van der Waals surface area contributed by atoms with E-state index >= 15 is 0 Å². The molecule has 0 aliphatic heterocycles. The molecular weight excluding hydrogens is 200 g/mol. The molecule has 1 aromatic heterocycles. The smallest absolute Gasteiger partial charge is 0.380 e. The van der Waals surface area contributed by atoms with Gasteiger partial charge < -0.3 is 15.0 Å². The number of hydrogen-bond donors (Lipinski definition) is 1. The van der Waals surface area contributed by atoms with Gasteiger partial charge in [-0.15, -0.1) is 0 Å². The zero-order valence-electron chi connectivity index (χ0n) is 8.77. The van der Waals surface area contributed by atoms with Crippen LogP contribution in [0.3, 0.4) is 0 Å². The predicted molar refractivity (Wildman–Crippen MR) is 47.3 cm³/mol. The van der Waals surface area contributed by atoms with E-state index in [0.29, 0.717) is 12.2 Å². The van der Waals surface area contributed by atoms with Crippen molar-refractivity contribution in [2.75, 3.05) is 0 Å². The maximum atomic E-state index is 10.9. The summed E-state index contributed by atoms with van der Waals surface area (Å²) in [6, 6.07) is 0. The Morgan fingerprint density at radius 2 is 2.07 bits per heavy atom. The van der Waals surface area contributed by atoms with Gasteiger partial charge in [-0.05, 0) is 0 Å². The number of carbonyl (C=O) groups is 2. The molecule has 1 aromatic rings. The van der Waals surface area contributed by atoms with Crippen LogP contribution in [0, 0.1) is 0 Å². The molecule has 0 saturated carbocycles. The third-order valence-corrected chi connectivity index (χ3v) is 2.38. The summed E-state index contributed by atoms with van der Waals surface area (Å²) in [5.74, 6) is -2.14. The molecule has 0 fully saturated rings. The van der Waals surface area contributed by atoms with Gasteiger partial charge in [-0.3, -0.25) is 0 Å². The van der Waals surface area contributed by atoms with Crippen molar-refractivity contribution in [3.05, 3.63) is 17.2 Å². The highest BCUT2D eigenvalue weighted by Gasteiger charge is 2.30. The maximum absolute atomic E-state index is 10.9. The van der Waals surface area contributed by atoms with E-state index in [-0.39, 0.29) is 11.4 Å². The third kappa shape index (κ3) is 1.58. The summed E-state index contributed by atoms with van der Waals surface area (Å²) in [6.07, 6.45) is 0.542. The van der Waals surface area contributed by atoms with Crippen molar-refractivity contribution in [2.45, 2.75) is 13.3 Å². The minimum atomic E-state index is -1.48. The number of carboxylic acids is 2. The van der Waals surface area contributed by atoms with Crippen molar-refractivity contribution < 1.29 is 24.4 Å². The molecule has 15 heavy (non-hydrogen) atoms. The SMILES string of the molecule is CCc1n(C)c(C(=O)[O-])c(C(=O)O)[n+]1C. The van der Waals surface area contributed by atoms with Crippen LogP contribution in [0.1, 0.15) is 33.7 Å². The van der Waals surface area contributed by atoms with E-state index in [1.807, 2.05) is 6.92 Å². The summed E-state index contributed by atoms with van der Waals surface area (Å²) in [5.41, 5.74) is -0.559. The molecule has 0 spiro atoms. The minimum Gasteiger partial charge on any atom is -0.541 e. The van der Waals surface area contributed by atoms with E-state index < -0.39 is 11.9 Å². The lowest BCUT2D eigenvalue weighted by atomic mass is 10.3. The molecule has 82 valence electrons. The number of rotatable bonds is 3. The predicted octanol–water partition coefficient (Wildman–Crippen LogP) is -1.53. The Morgan fingerprint density at radius 3 is 2.33 bits per heavy atom. The van der Waals surface area contributed by atoms with Crippen molar-refractivity contribution in [2.24, 2.45) is 14.1 Å². The Labute approximate surface area is 86.4 Å². The summed E-state index contributed by atoms with van der Waals surface area (Å²) in [5, 5.41) is 19.7. The fourth-order valence-electron chi connectivity index (χ4n) is 1.75. The van der Waals surface area contributed by atoms with Gasteiger partial charge in [0.05, 0.1) is 14.1 Å². The number of aromatic nitrogens is 2. The van der Waals surface area contributed by atoms with Gasteiger partial charge in [-0.25, -0.2) is 13.9 Å². The molecule has 1 rings (SSSR count). The van der Waals surface area contributed by atoms with Crippen molar-refractivity contribution in [3.63, 3.8) is 0 Å². The molecule has 1 heterocycles. The first-order chi connectivity index (χ1) is 6.91. The van der Waals surface area contributed by atoms with Crippen molar-refractivity contribution >= 4 is 11.9 Å². The second-order valence-corrected chi connectivity index (χ2v) is 3.18. The van der Waals surface area contributed by atoms with Gasteiger partial charge in [0, 0.05) is 6.42 Å². The second-order valence-electron chi connectivity index (χ2n) is 3.18.